The first kappa shape index (κ1) is 21.4. The molecule has 0 aliphatic heterocycles. The first-order valence-electron chi connectivity index (χ1n) is 9.66. The molecule has 1 heterocycles. The van der Waals surface area contributed by atoms with E-state index in [9.17, 15) is 13.2 Å². The normalized spacial score (nSPS) is 11.4. The van der Waals surface area contributed by atoms with Crippen LogP contribution < -0.4 is 14.2 Å². The van der Waals surface area contributed by atoms with Gasteiger partial charge in [-0.1, -0.05) is 30.3 Å². The highest BCUT2D eigenvalue weighted by molar-refractivity contribution is 5.79. The maximum absolute atomic E-state index is 13.2. The van der Waals surface area contributed by atoms with Crippen molar-refractivity contribution < 1.29 is 27.4 Å². The molecule has 0 saturated carbocycles. The maximum atomic E-state index is 13.2. The van der Waals surface area contributed by atoms with Crippen LogP contribution in [0.2, 0.25) is 0 Å². The van der Waals surface area contributed by atoms with Gasteiger partial charge in [0.05, 0.1) is 36.5 Å². The Morgan fingerprint density at radius 3 is 2.03 bits per heavy atom. The van der Waals surface area contributed by atoms with Gasteiger partial charge < -0.3 is 14.2 Å². The van der Waals surface area contributed by atoms with Crippen molar-refractivity contribution in [2.24, 2.45) is 0 Å². The van der Waals surface area contributed by atoms with E-state index in [4.69, 9.17) is 14.2 Å². The summed E-state index contributed by atoms with van der Waals surface area (Å²) in [5.41, 5.74) is 1.45. The summed E-state index contributed by atoms with van der Waals surface area (Å²) in [5.74, 6) is 1.55. The number of hydrogen-bond donors (Lipinski definition) is 0. The second kappa shape index (κ2) is 8.74. The molecule has 0 aliphatic rings. The monoisotopic (exact) mass is 440 g/mol. The molecule has 0 amide bonds. The molecule has 0 atom stereocenters. The molecule has 0 bridgehead atoms. The summed E-state index contributed by atoms with van der Waals surface area (Å²) in [7, 11) is 3.05. The van der Waals surface area contributed by atoms with E-state index < -0.39 is 11.7 Å². The van der Waals surface area contributed by atoms with E-state index in [1.165, 1.54) is 20.3 Å². The highest BCUT2D eigenvalue weighted by Gasteiger charge is 2.30. The van der Waals surface area contributed by atoms with Gasteiger partial charge in [0.25, 0.3) is 0 Å². The van der Waals surface area contributed by atoms with Crippen molar-refractivity contribution in [3.05, 3.63) is 78.0 Å². The fourth-order valence-corrected chi connectivity index (χ4v) is 3.21. The van der Waals surface area contributed by atoms with Crippen molar-refractivity contribution in [3.63, 3.8) is 0 Å². The number of methoxy groups -OCH3 is 2. The fourth-order valence-electron chi connectivity index (χ4n) is 3.21. The lowest BCUT2D eigenvalue weighted by molar-refractivity contribution is -0.137. The molecule has 4 rings (SSSR count). The molecule has 8 heteroatoms. The number of nitrogens with zero attached hydrogens (tertiary/aromatic N) is 2. The van der Waals surface area contributed by atoms with Gasteiger partial charge in [-0.2, -0.15) is 13.2 Å². The van der Waals surface area contributed by atoms with Crippen LogP contribution in [0.1, 0.15) is 11.3 Å². The van der Waals surface area contributed by atoms with Gasteiger partial charge in [0.2, 0.25) is 0 Å². The van der Waals surface area contributed by atoms with Crippen LogP contribution in [0.5, 0.6) is 17.2 Å². The second-order valence-corrected chi connectivity index (χ2v) is 6.92. The summed E-state index contributed by atoms with van der Waals surface area (Å²) >= 11 is 0. The molecule has 5 nitrogen and oxygen atoms in total. The number of rotatable bonds is 6. The smallest absolute Gasteiger partial charge is 0.416 e. The Hall–Kier alpha value is -3.81. The third kappa shape index (κ3) is 4.59. The summed E-state index contributed by atoms with van der Waals surface area (Å²) in [4.78, 5) is 9.07. The fraction of sp³-hybridized carbons (Fsp3) is 0.167. The lowest BCUT2D eigenvalue weighted by Gasteiger charge is -2.14. The summed E-state index contributed by atoms with van der Waals surface area (Å²) in [5, 5.41) is 0. The molecule has 0 fully saturated rings. The maximum Gasteiger partial charge on any atom is 0.416 e. The first-order valence-corrected chi connectivity index (χ1v) is 9.66. The SMILES string of the molecule is COc1cc(OC)cc(OCc2nc3cc(C(F)(F)F)ccc3nc2-c2ccccc2)c1. The third-order valence-corrected chi connectivity index (χ3v) is 4.81. The van der Waals surface area contributed by atoms with Gasteiger partial charge in [-0.15, -0.1) is 0 Å². The molecule has 0 N–H and O–H groups in total. The molecular weight excluding hydrogens is 421 g/mol. The Kier molecular flexibility index (Phi) is 5.85. The standard InChI is InChI=1S/C24H19F3N2O3/c1-30-17-11-18(31-2)13-19(12-17)32-14-22-23(15-6-4-3-5-7-15)29-20-9-8-16(24(25,26)27)10-21(20)28-22/h3-13H,14H2,1-2H3. The summed E-state index contributed by atoms with van der Waals surface area (Å²) in [6, 6.07) is 17.7. The van der Waals surface area contributed by atoms with Crippen molar-refractivity contribution in [1.82, 2.24) is 9.97 Å². The minimum absolute atomic E-state index is 0.0142. The molecule has 0 radical (unpaired) electrons. The number of hydrogen-bond acceptors (Lipinski definition) is 5. The average molecular weight is 440 g/mol. The Morgan fingerprint density at radius 1 is 0.750 bits per heavy atom. The minimum atomic E-state index is -4.47. The van der Waals surface area contributed by atoms with Crippen LogP contribution in [0.25, 0.3) is 22.3 Å². The van der Waals surface area contributed by atoms with E-state index in [0.29, 0.717) is 34.2 Å². The summed E-state index contributed by atoms with van der Waals surface area (Å²) in [6.07, 6.45) is -4.47. The van der Waals surface area contributed by atoms with E-state index in [1.54, 1.807) is 18.2 Å². The molecule has 164 valence electrons. The van der Waals surface area contributed by atoms with Crippen LogP contribution in [0.4, 0.5) is 13.2 Å². The zero-order valence-corrected chi connectivity index (χ0v) is 17.3. The Morgan fingerprint density at radius 2 is 1.41 bits per heavy atom. The number of fused-ring (bicyclic) bond motifs is 1. The van der Waals surface area contributed by atoms with E-state index in [0.717, 1.165) is 17.7 Å². The Labute approximate surface area is 182 Å². The predicted molar refractivity (Wildman–Crippen MR) is 114 cm³/mol. The predicted octanol–water partition coefficient (Wildman–Crippen LogP) is 5.91. The number of halogens is 3. The van der Waals surface area contributed by atoms with Crippen molar-refractivity contribution in [3.8, 4) is 28.5 Å². The van der Waals surface area contributed by atoms with Crippen molar-refractivity contribution in [1.29, 1.82) is 0 Å². The van der Waals surface area contributed by atoms with E-state index in [1.807, 2.05) is 30.3 Å². The summed E-state index contributed by atoms with van der Waals surface area (Å²) < 4.78 is 55.9. The van der Waals surface area contributed by atoms with Crippen LogP contribution in [0.3, 0.4) is 0 Å². The van der Waals surface area contributed by atoms with Crippen LogP contribution >= 0.6 is 0 Å². The minimum Gasteiger partial charge on any atom is -0.496 e. The first-order chi connectivity index (χ1) is 15.4. The van der Waals surface area contributed by atoms with Crippen LogP contribution in [0.15, 0.2) is 66.7 Å². The molecular formula is C24H19F3N2O3. The van der Waals surface area contributed by atoms with Crippen LogP contribution in [-0.4, -0.2) is 24.2 Å². The van der Waals surface area contributed by atoms with Crippen molar-refractivity contribution in [2.45, 2.75) is 12.8 Å². The molecule has 1 aromatic heterocycles. The highest BCUT2D eigenvalue weighted by atomic mass is 19.4. The van der Waals surface area contributed by atoms with E-state index in [2.05, 4.69) is 9.97 Å². The topological polar surface area (TPSA) is 53.5 Å². The van der Waals surface area contributed by atoms with Gasteiger partial charge in [0, 0.05) is 23.8 Å². The Balaban J connectivity index is 1.77. The van der Waals surface area contributed by atoms with E-state index >= 15 is 0 Å². The number of aromatic nitrogens is 2. The molecule has 3 aromatic carbocycles. The highest BCUT2D eigenvalue weighted by Crippen LogP contribution is 2.33. The van der Waals surface area contributed by atoms with Crippen molar-refractivity contribution in [2.75, 3.05) is 14.2 Å². The molecule has 32 heavy (non-hydrogen) atoms. The van der Waals surface area contributed by atoms with Crippen LogP contribution in [-0.2, 0) is 12.8 Å². The summed E-state index contributed by atoms with van der Waals surface area (Å²) in [6.45, 7) is -0.0142. The average Bonchev–Trinajstić information content (AvgIpc) is 2.81. The second-order valence-electron chi connectivity index (χ2n) is 6.92. The van der Waals surface area contributed by atoms with Gasteiger partial charge in [-0.05, 0) is 18.2 Å². The zero-order chi connectivity index (χ0) is 22.7. The largest absolute Gasteiger partial charge is 0.496 e. The zero-order valence-electron chi connectivity index (χ0n) is 17.3. The van der Waals surface area contributed by atoms with Crippen LogP contribution in [0, 0.1) is 0 Å². The van der Waals surface area contributed by atoms with Crippen molar-refractivity contribution >= 4 is 11.0 Å². The third-order valence-electron chi connectivity index (χ3n) is 4.81. The Bertz CT molecular complexity index is 1220. The quantitative estimate of drug-likeness (QED) is 0.373. The van der Waals surface area contributed by atoms with Gasteiger partial charge in [-0.25, -0.2) is 9.97 Å². The van der Waals surface area contributed by atoms with E-state index in [-0.39, 0.29) is 12.1 Å². The lowest BCUT2D eigenvalue weighted by atomic mass is 10.1. The van der Waals surface area contributed by atoms with Gasteiger partial charge >= 0.3 is 6.18 Å². The molecule has 0 unspecified atom stereocenters. The molecule has 0 spiro atoms. The molecule has 0 saturated heterocycles. The van der Waals surface area contributed by atoms with Gasteiger partial charge in [-0.3, -0.25) is 0 Å². The lowest BCUT2D eigenvalue weighted by Crippen LogP contribution is -2.07. The molecule has 0 aliphatic carbocycles. The molecule has 4 aromatic rings. The number of ether oxygens (including phenoxy) is 3. The van der Waals surface area contributed by atoms with Gasteiger partial charge in [0.1, 0.15) is 29.5 Å². The number of alkyl halides is 3. The van der Waals surface area contributed by atoms with Gasteiger partial charge in [0.15, 0.2) is 0 Å². The number of benzene rings is 3.